The Morgan fingerprint density at radius 2 is 1.90 bits per heavy atom. The monoisotopic (exact) mass is 397 g/mol. The third kappa shape index (κ3) is 4.90. The van der Waals surface area contributed by atoms with E-state index in [9.17, 15) is 4.79 Å². The van der Waals surface area contributed by atoms with Gasteiger partial charge in [0.05, 0.1) is 36.8 Å². The lowest BCUT2D eigenvalue weighted by molar-refractivity contribution is -0.128. The van der Waals surface area contributed by atoms with Gasteiger partial charge in [0, 0.05) is 39.1 Å². The third-order valence-corrected chi connectivity index (χ3v) is 5.53. The van der Waals surface area contributed by atoms with Gasteiger partial charge in [-0.05, 0) is 32.4 Å². The van der Waals surface area contributed by atoms with Crippen LogP contribution in [0.15, 0.2) is 30.5 Å². The first-order chi connectivity index (χ1) is 14.1. The standard InChI is InChI=1S/C22H31N5O2/c1-17(2)29-20-7-4-3-6-19(20)26-12-10-25(11-13-26)16-21-23-14-18(24-21)15-27-9-5-8-22(27)28/h3-4,6-7,14,17H,5,8-13,15-16H2,1-2H3,(H,23,24). The van der Waals surface area contributed by atoms with E-state index in [0.29, 0.717) is 13.0 Å². The average Bonchev–Trinajstić information content (AvgIpc) is 3.32. The van der Waals surface area contributed by atoms with Gasteiger partial charge >= 0.3 is 0 Å². The maximum Gasteiger partial charge on any atom is 0.222 e. The molecule has 2 aliphatic heterocycles. The second kappa shape index (κ2) is 8.86. The predicted octanol–water partition coefficient (Wildman–Crippen LogP) is 2.64. The zero-order chi connectivity index (χ0) is 20.2. The summed E-state index contributed by atoms with van der Waals surface area (Å²) in [5, 5.41) is 0. The van der Waals surface area contributed by atoms with Gasteiger partial charge in [0.15, 0.2) is 0 Å². The van der Waals surface area contributed by atoms with Crippen LogP contribution >= 0.6 is 0 Å². The number of carbonyl (C=O) groups is 1. The highest BCUT2D eigenvalue weighted by molar-refractivity contribution is 5.77. The number of rotatable bonds is 7. The molecule has 2 saturated heterocycles. The number of para-hydroxylation sites is 2. The molecule has 1 aromatic heterocycles. The summed E-state index contributed by atoms with van der Waals surface area (Å²) in [6.45, 7) is 10.3. The first-order valence-corrected chi connectivity index (χ1v) is 10.6. The largest absolute Gasteiger partial charge is 0.489 e. The van der Waals surface area contributed by atoms with E-state index in [2.05, 4.69) is 51.8 Å². The number of nitrogens with one attached hydrogen (secondary N) is 1. The summed E-state index contributed by atoms with van der Waals surface area (Å²) in [6.07, 6.45) is 3.68. The van der Waals surface area contributed by atoms with Crippen molar-refractivity contribution in [3.8, 4) is 5.75 Å². The van der Waals surface area contributed by atoms with Gasteiger partial charge < -0.3 is 19.5 Å². The maximum atomic E-state index is 11.8. The van der Waals surface area contributed by atoms with Gasteiger partial charge in [-0.25, -0.2) is 4.98 Å². The van der Waals surface area contributed by atoms with Crippen molar-refractivity contribution < 1.29 is 9.53 Å². The van der Waals surface area contributed by atoms with Gasteiger partial charge in [-0.15, -0.1) is 0 Å². The third-order valence-electron chi connectivity index (χ3n) is 5.53. The number of imidazole rings is 1. The quantitative estimate of drug-likeness (QED) is 0.778. The van der Waals surface area contributed by atoms with Crippen LogP contribution in [-0.4, -0.2) is 64.5 Å². The molecule has 3 heterocycles. The molecular formula is C22H31N5O2. The number of piperazine rings is 1. The number of hydrogen-bond acceptors (Lipinski definition) is 5. The zero-order valence-corrected chi connectivity index (χ0v) is 17.4. The number of ether oxygens (including phenoxy) is 1. The van der Waals surface area contributed by atoms with Crippen molar-refractivity contribution in [2.24, 2.45) is 0 Å². The Kier molecular flexibility index (Phi) is 6.04. The number of nitrogens with zero attached hydrogens (tertiary/aromatic N) is 4. The molecule has 0 spiro atoms. The van der Waals surface area contributed by atoms with E-state index < -0.39 is 0 Å². The minimum Gasteiger partial charge on any atom is -0.489 e. The van der Waals surface area contributed by atoms with Crippen molar-refractivity contribution in [1.29, 1.82) is 0 Å². The second-order valence-corrected chi connectivity index (χ2v) is 8.17. The van der Waals surface area contributed by atoms with Crippen molar-refractivity contribution in [3.63, 3.8) is 0 Å². The van der Waals surface area contributed by atoms with Gasteiger partial charge in [-0.2, -0.15) is 0 Å². The van der Waals surface area contributed by atoms with Gasteiger partial charge in [0.1, 0.15) is 11.6 Å². The smallest absolute Gasteiger partial charge is 0.222 e. The fourth-order valence-corrected chi connectivity index (χ4v) is 4.07. The lowest BCUT2D eigenvalue weighted by Crippen LogP contribution is -2.46. The highest BCUT2D eigenvalue weighted by Crippen LogP contribution is 2.29. The Balaban J connectivity index is 1.30. The van der Waals surface area contributed by atoms with Gasteiger partial charge in [0.25, 0.3) is 0 Å². The first kappa shape index (κ1) is 19.8. The van der Waals surface area contributed by atoms with Crippen LogP contribution in [-0.2, 0) is 17.9 Å². The molecule has 7 nitrogen and oxygen atoms in total. The molecule has 2 fully saturated rings. The molecule has 7 heteroatoms. The van der Waals surface area contributed by atoms with Crippen LogP contribution in [0.2, 0.25) is 0 Å². The molecule has 1 amide bonds. The minimum absolute atomic E-state index is 0.168. The Hall–Kier alpha value is -2.54. The van der Waals surface area contributed by atoms with Crippen LogP contribution < -0.4 is 9.64 Å². The van der Waals surface area contributed by atoms with Gasteiger partial charge in [-0.3, -0.25) is 9.69 Å². The minimum atomic E-state index is 0.168. The predicted molar refractivity (Wildman–Crippen MR) is 113 cm³/mol. The van der Waals surface area contributed by atoms with Crippen LogP contribution in [0.1, 0.15) is 38.2 Å². The molecule has 1 N–H and O–H groups in total. The van der Waals surface area contributed by atoms with Crippen LogP contribution in [0.4, 0.5) is 5.69 Å². The van der Waals surface area contributed by atoms with E-state index in [0.717, 1.165) is 63.0 Å². The molecular weight excluding hydrogens is 366 g/mol. The number of anilines is 1. The summed E-state index contributed by atoms with van der Waals surface area (Å²) < 4.78 is 5.99. The highest BCUT2D eigenvalue weighted by Gasteiger charge is 2.22. The molecule has 0 saturated carbocycles. The Morgan fingerprint density at radius 3 is 2.62 bits per heavy atom. The molecule has 4 rings (SSSR count). The van der Waals surface area contributed by atoms with E-state index in [-0.39, 0.29) is 12.0 Å². The van der Waals surface area contributed by atoms with E-state index in [1.54, 1.807) is 0 Å². The van der Waals surface area contributed by atoms with Crippen LogP contribution in [0.25, 0.3) is 0 Å². The molecule has 1 aromatic carbocycles. The normalized spacial score (nSPS) is 18.1. The lowest BCUT2D eigenvalue weighted by Gasteiger charge is -2.36. The highest BCUT2D eigenvalue weighted by atomic mass is 16.5. The molecule has 0 aliphatic carbocycles. The molecule has 0 radical (unpaired) electrons. The number of hydrogen-bond donors (Lipinski definition) is 1. The SMILES string of the molecule is CC(C)Oc1ccccc1N1CCN(Cc2ncc(CN3CCCC3=O)[nH]2)CC1. The fourth-order valence-electron chi connectivity index (χ4n) is 4.07. The van der Waals surface area contributed by atoms with Crippen molar-refractivity contribution in [3.05, 3.63) is 42.0 Å². The molecule has 156 valence electrons. The number of aromatic nitrogens is 2. The molecule has 29 heavy (non-hydrogen) atoms. The van der Waals surface area contributed by atoms with E-state index >= 15 is 0 Å². The molecule has 2 aliphatic rings. The summed E-state index contributed by atoms with van der Waals surface area (Å²) in [6, 6.07) is 8.30. The number of carbonyl (C=O) groups excluding carboxylic acids is 1. The zero-order valence-electron chi connectivity index (χ0n) is 17.4. The summed E-state index contributed by atoms with van der Waals surface area (Å²) in [5.74, 6) is 2.19. The molecule has 0 atom stereocenters. The summed E-state index contributed by atoms with van der Waals surface area (Å²) in [4.78, 5) is 26.5. The van der Waals surface area contributed by atoms with Crippen LogP contribution in [0.3, 0.4) is 0 Å². The molecule has 0 unspecified atom stereocenters. The summed E-state index contributed by atoms with van der Waals surface area (Å²) in [7, 11) is 0. The fraction of sp³-hybridized carbons (Fsp3) is 0.545. The van der Waals surface area contributed by atoms with E-state index in [1.807, 2.05) is 17.2 Å². The van der Waals surface area contributed by atoms with E-state index in [4.69, 9.17) is 4.74 Å². The number of aromatic amines is 1. The van der Waals surface area contributed by atoms with Crippen LogP contribution in [0.5, 0.6) is 5.75 Å². The lowest BCUT2D eigenvalue weighted by atomic mass is 10.2. The second-order valence-electron chi connectivity index (χ2n) is 8.17. The maximum absolute atomic E-state index is 11.8. The Labute approximate surface area is 172 Å². The van der Waals surface area contributed by atoms with Crippen molar-refractivity contribution in [2.75, 3.05) is 37.6 Å². The first-order valence-electron chi connectivity index (χ1n) is 10.6. The number of H-pyrrole nitrogens is 1. The van der Waals surface area contributed by atoms with Gasteiger partial charge in [0.2, 0.25) is 5.91 Å². The molecule has 2 aromatic rings. The van der Waals surface area contributed by atoms with E-state index in [1.165, 1.54) is 5.69 Å². The summed E-state index contributed by atoms with van der Waals surface area (Å²) >= 11 is 0. The number of benzene rings is 1. The Morgan fingerprint density at radius 1 is 1.10 bits per heavy atom. The summed E-state index contributed by atoms with van der Waals surface area (Å²) in [5.41, 5.74) is 2.20. The van der Waals surface area contributed by atoms with Crippen molar-refractivity contribution >= 4 is 11.6 Å². The van der Waals surface area contributed by atoms with Crippen molar-refractivity contribution in [2.45, 2.75) is 45.9 Å². The van der Waals surface area contributed by atoms with Crippen LogP contribution in [0, 0.1) is 0 Å². The average molecular weight is 398 g/mol. The number of likely N-dealkylation sites (tertiary alicyclic amines) is 1. The topological polar surface area (TPSA) is 64.7 Å². The number of amides is 1. The molecule has 0 bridgehead atoms. The van der Waals surface area contributed by atoms with Gasteiger partial charge in [-0.1, -0.05) is 12.1 Å². The Bertz CT molecular complexity index is 826. The van der Waals surface area contributed by atoms with Crippen molar-refractivity contribution in [1.82, 2.24) is 19.8 Å².